The minimum atomic E-state index is -0.0382. The highest BCUT2D eigenvalue weighted by Gasteiger charge is 2.51. The third kappa shape index (κ3) is 4.06. The Bertz CT molecular complexity index is 476. The second-order valence-corrected chi connectivity index (χ2v) is 9.33. The molecule has 2 aliphatic rings. The standard InChI is InChI=1S/C22H38O2/c1-7-24-20(23)15-16(2)9-11-18-17(3)10-12-19-21(4,5)13-8-14-22(18,19)6/h10,16,18-19H,7-9,11-15H2,1-6H3/t16-,18-,19-,22+/m0/s1. The van der Waals surface area contributed by atoms with Crippen LogP contribution in [0, 0.1) is 28.6 Å². The van der Waals surface area contributed by atoms with E-state index in [0.29, 0.717) is 35.7 Å². The molecule has 0 heterocycles. The Morgan fingerprint density at radius 3 is 2.71 bits per heavy atom. The summed E-state index contributed by atoms with van der Waals surface area (Å²) >= 11 is 0. The average Bonchev–Trinajstić information content (AvgIpc) is 2.45. The highest BCUT2D eigenvalue weighted by atomic mass is 16.5. The van der Waals surface area contributed by atoms with Gasteiger partial charge in [0.25, 0.3) is 0 Å². The molecule has 0 aromatic rings. The van der Waals surface area contributed by atoms with Crippen LogP contribution in [0.3, 0.4) is 0 Å². The largest absolute Gasteiger partial charge is 0.466 e. The fourth-order valence-corrected chi connectivity index (χ4v) is 5.75. The number of esters is 1. The number of carbonyl (C=O) groups is 1. The van der Waals surface area contributed by atoms with Crippen molar-refractivity contribution in [3.63, 3.8) is 0 Å². The van der Waals surface area contributed by atoms with Gasteiger partial charge in [0.05, 0.1) is 6.61 Å². The van der Waals surface area contributed by atoms with Gasteiger partial charge < -0.3 is 4.74 Å². The van der Waals surface area contributed by atoms with Gasteiger partial charge in [-0.05, 0) is 74.5 Å². The van der Waals surface area contributed by atoms with Crippen molar-refractivity contribution in [3.8, 4) is 0 Å². The molecule has 0 aliphatic heterocycles. The van der Waals surface area contributed by atoms with E-state index in [1.54, 1.807) is 5.57 Å². The Balaban J connectivity index is 2.04. The Morgan fingerprint density at radius 1 is 1.33 bits per heavy atom. The first kappa shape index (κ1) is 19.5. The summed E-state index contributed by atoms with van der Waals surface area (Å²) in [7, 11) is 0. The SMILES string of the molecule is CCOC(=O)C[C@@H](C)CC[C@H]1C(C)=CC[C@H]2C(C)(C)CCC[C@]12C. The summed E-state index contributed by atoms with van der Waals surface area (Å²) in [5, 5.41) is 0. The maximum absolute atomic E-state index is 11.7. The molecule has 0 aromatic heterocycles. The molecule has 24 heavy (non-hydrogen) atoms. The van der Waals surface area contributed by atoms with Gasteiger partial charge in [-0.25, -0.2) is 0 Å². The van der Waals surface area contributed by atoms with E-state index in [1.165, 1.54) is 32.1 Å². The monoisotopic (exact) mass is 334 g/mol. The van der Waals surface area contributed by atoms with Crippen LogP contribution < -0.4 is 0 Å². The zero-order valence-electron chi connectivity index (χ0n) is 16.8. The lowest BCUT2D eigenvalue weighted by atomic mass is 9.48. The van der Waals surface area contributed by atoms with Crippen molar-refractivity contribution < 1.29 is 9.53 Å². The number of ether oxygens (including phenoxy) is 1. The third-order valence-corrected chi connectivity index (χ3v) is 7.07. The second-order valence-electron chi connectivity index (χ2n) is 9.33. The molecule has 0 N–H and O–H groups in total. The van der Waals surface area contributed by atoms with Crippen LogP contribution in [0.4, 0.5) is 0 Å². The summed E-state index contributed by atoms with van der Waals surface area (Å²) in [4.78, 5) is 11.7. The van der Waals surface area contributed by atoms with Crippen LogP contribution in [-0.2, 0) is 9.53 Å². The second kappa shape index (κ2) is 7.62. The van der Waals surface area contributed by atoms with Crippen LogP contribution in [0.2, 0.25) is 0 Å². The molecule has 1 saturated carbocycles. The van der Waals surface area contributed by atoms with Gasteiger partial charge in [-0.2, -0.15) is 0 Å². The van der Waals surface area contributed by atoms with Crippen molar-refractivity contribution in [1.82, 2.24) is 0 Å². The molecule has 2 nitrogen and oxygen atoms in total. The number of allylic oxidation sites excluding steroid dienone is 2. The molecule has 0 amide bonds. The van der Waals surface area contributed by atoms with Crippen molar-refractivity contribution in [2.45, 2.75) is 86.5 Å². The van der Waals surface area contributed by atoms with E-state index in [0.717, 1.165) is 12.3 Å². The molecule has 4 atom stereocenters. The lowest BCUT2D eigenvalue weighted by molar-refractivity contribution is -0.144. The number of fused-ring (bicyclic) bond motifs is 1. The van der Waals surface area contributed by atoms with Crippen molar-refractivity contribution in [2.24, 2.45) is 28.6 Å². The van der Waals surface area contributed by atoms with Gasteiger partial charge in [-0.15, -0.1) is 0 Å². The Kier molecular flexibility index (Phi) is 6.20. The summed E-state index contributed by atoms with van der Waals surface area (Å²) < 4.78 is 5.11. The van der Waals surface area contributed by atoms with Crippen LogP contribution in [0.5, 0.6) is 0 Å². The molecule has 0 unspecified atom stereocenters. The van der Waals surface area contributed by atoms with E-state index in [4.69, 9.17) is 4.74 Å². The molecule has 2 aliphatic carbocycles. The van der Waals surface area contributed by atoms with Crippen LogP contribution in [-0.4, -0.2) is 12.6 Å². The smallest absolute Gasteiger partial charge is 0.306 e. The van der Waals surface area contributed by atoms with Crippen LogP contribution in [0.25, 0.3) is 0 Å². The molecular weight excluding hydrogens is 296 g/mol. The summed E-state index contributed by atoms with van der Waals surface area (Å²) in [6.07, 6.45) is 10.8. The van der Waals surface area contributed by atoms with Crippen molar-refractivity contribution >= 4 is 5.97 Å². The van der Waals surface area contributed by atoms with Crippen molar-refractivity contribution in [1.29, 1.82) is 0 Å². The molecule has 0 spiro atoms. The summed E-state index contributed by atoms with van der Waals surface area (Å²) in [5.41, 5.74) is 2.48. The minimum Gasteiger partial charge on any atom is -0.466 e. The Labute approximate surface area is 149 Å². The van der Waals surface area contributed by atoms with Gasteiger partial charge in [-0.3, -0.25) is 4.79 Å². The molecule has 0 bridgehead atoms. The number of carbonyl (C=O) groups excluding carboxylic acids is 1. The number of rotatable bonds is 6. The van der Waals surface area contributed by atoms with Gasteiger partial charge in [-0.1, -0.05) is 45.8 Å². The van der Waals surface area contributed by atoms with E-state index in [1.807, 2.05) is 6.92 Å². The van der Waals surface area contributed by atoms with Gasteiger partial charge in [0.2, 0.25) is 0 Å². The summed E-state index contributed by atoms with van der Waals surface area (Å²) in [6, 6.07) is 0. The highest BCUT2D eigenvalue weighted by molar-refractivity contribution is 5.69. The predicted octanol–water partition coefficient (Wildman–Crippen LogP) is 6.15. The molecule has 2 rings (SSSR count). The Morgan fingerprint density at radius 2 is 2.04 bits per heavy atom. The van der Waals surface area contributed by atoms with Crippen molar-refractivity contribution in [2.75, 3.05) is 6.61 Å². The van der Waals surface area contributed by atoms with Crippen LogP contribution in [0.1, 0.15) is 86.5 Å². The molecule has 2 heteroatoms. The predicted molar refractivity (Wildman–Crippen MR) is 101 cm³/mol. The van der Waals surface area contributed by atoms with E-state index >= 15 is 0 Å². The lowest BCUT2D eigenvalue weighted by Gasteiger charge is -2.57. The molecule has 138 valence electrons. The van der Waals surface area contributed by atoms with Crippen LogP contribution in [0.15, 0.2) is 11.6 Å². The molecule has 0 aromatic carbocycles. The van der Waals surface area contributed by atoms with E-state index in [9.17, 15) is 4.79 Å². The first-order chi connectivity index (χ1) is 11.2. The maximum Gasteiger partial charge on any atom is 0.306 e. The molecule has 0 saturated heterocycles. The minimum absolute atomic E-state index is 0.0382. The van der Waals surface area contributed by atoms with E-state index < -0.39 is 0 Å². The maximum atomic E-state index is 11.7. The summed E-state index contributed by atoms with van der Waals surface area (Å²) in [6.45, 7) is 14.4. The van der Waals surface area contributed by atoms with Gasteiger partial charge >= 0.3 is 5.97 Å². The molecular formula is C22H38O2. The number of hydrogen-bond acceptors (Lipinski definition) is 2. The fraction of sp³-hybridized carbons (Fsp3) is 0.864. The summed E-state index contributed by atoms with van der Waals surface area (Å²) in [5.74, 6) is 1.86. The quantitative estimate of drug-likeness (QED) is 0.430. The Hall–Kier alpha value is -0.790. The fourth-order valence-electron chi connectivity index (χ4n) is 5.75. The average molecular weight is 335 g/mol. The third-order valence-electron chi connectivity index (χ3n) is 7.07. The molecule has 0 radical (unpaired) electrons. The van der Waals surface area contributed by atoms with Gasteiger partial charge in [0.15, 0.2) is 0 Å². The van der Waals surface area contributed by atoms with Crippen molar-refractivity contribution in [3.05, 3.63) is 11.6 Å². The normalized spacial score (nSPS) is 33.3. The van der Waals surface area contributed by atoms with E-state index in [-0.39, 0.29) is 5.97 Å². The number of hydrogen-bond donors (Lipinski definition) is 0. The molecule has 1 fully saturated rings. The lowest BCUT2D eigenvalue weighted by Crippen LogP contribution is -2.48. The van der Waals surface area contributed by atoms with E-state index in [2.05, 4.69) is 40.7 Å². The zero-order chi connectivity index (χ0) is 18.0. The zero-order valence-corrected chi connectivity index (χ0v) is 16.8. The van der Waals surface area contributed by atoms with Crippen LogP contribution >= 0.6 is 0 Å². The highest BCUT2D eigenvalue weighted by Crippen LogP contribution is 2.60. The first-order valence-corrected chi connectivity index (χ1v) is 10.0. The van der Waals surface area contributed by atoms with Gasteiger partial charge in [0, 0.05) is 6.42 Å². The first-order valence-electron chi connectivity index (χ1n) is 10.0. The van der Waals surface area contributed by atoms with Gasteiger partial charge in [0.1, 0.15) is 0 Å². The topological polar surface area (TPSA) is 26.3 Å².